The van der Waals surface area contributed by atoms with Crippen molar-refractivity contribution in [1.29, 1.82) is 0 Å². The van der Waals surface area contributed by atoms with Gasteiger partial charge in [0.25, 0.3) is 10.1 Å². The molecule has 0 spiro atoms. The van der Waals surface area contributed by atoms with E-state index in [1.54, 1.807) is 32.0 Å². The van der Waals surface area contributed by atoms with Crippen LogP contribution in [0.4, 0.5) is 0 Å². The van der Waals surface area contributed by atoms with E-state index in [9.17, 15) is 8.42 Å². The summed E-state index contributed by atoms with van der Waals surface area (Å²) < 4.78 is 27.6. The molecule has 0 saturated heterocycles. The summed E-state index contributed by atoms with van der Waals surface area (Å²) in [5.74, 6) is 0. The predicted octanol–water partition coefficient (Wildman–Crippen LogP) is -2.38. The second-order valence-electron chi connectivity index (χ2n) is 2.91. The van der Waals surface area contributed by atoms with Crippen molar-refractivity contribution < 1.29 is 52.7 Å². The number of hydrogen-bond acceptors (Lipinski definition) is 5. The van der Waals surface area contributed by atoms with Crippen molar-refractivity contribution in [2.45, 2.75) is 24.8 Å². The van der Waals surface area contributed by atoms with Gasteiger partial charge < -0.3 is 10.5 Å². The minimum atomic E-state index is -3.56. The predicted molar refractivity (Wildman–Crippen MR) is 52.5 cm³/mol. The van der Waals surface area contributed by atoms with Crippen LogP contribution in [0.1, 0.15) is 13.8 Å². The topological polar surface area (TPSA) is 86.7 Å². The Kier molecular flexibility index (Phi) is 10.5. The first-order valence-corrected chi connectivity index (χ1v) is 5.60. The Morgan fingerprint density at radius 3 is 2.00 bits per heavy atom. The fourth-order valence-electron chi connectivity index (χ4n) is 0.896. The molecule has 7 heteroatoms. The zero-order chi connectivity index (χ0) is 11.9. The van der Waals surface area contributed by atoms with E-state index >= 15 is 0 Å². The normalized spacial score (nSPS) is 10.1. The molecule has 1 N–H and O–H groups in total. The molecule has 0 unspecified atom stereocenters. The van der Waals surface area contributed by atoms with Crippen LogP contribution in [0.2, 0.25) is 0 Å². The maximum absolute atomic E-state index is 11.4. The van der Waals surface area contributed by atoms with Gasteiger partial charge in [0, 0.05) is 0 Å². The molecule has 0 heterocycles. The van der Waals surface area contributed by atoms with Gasteiger partial charge in [-0.15, -0.1) is 0 Å². The summed E-state index contributed by atoms with van der Waals surface area (Å²) in [5, 5.41) is 13.0. The van der Waals surface area contributed by atoms with Crippen LogP contribution in [0.25, 0.3) is 0 Å². The molecule has 0 bridgehead atoms. The number of hydrogen-bond donors (Lipinski definition) is 1. The molecular weight excluding hydrogens is 243 g/mol. The maximum atomic E-state index is 11.4. The van der Waals surface area contributed by atoms with Gasteiger partial charge >= 0.3 is 29.6 Å². The molecule has 0 aromatic heterocycles. The minimum Gasteiger partial charge on any atom is -0.727 e. The molecule has 16 heavy (non-hydrogen) atoms. The average molecular weight is 256 g/mol. The Labute approximate surface area is 117 Å². The van der Waals surface area contributed by atoms with Crippen molar-refractivity contribution >= 4 is 10.1 Å². The van der Waals surface area contributed by atoms with Gasteiger partial charge in [0.2, 0.25) is 0 Å². The Bertz CT molecular complexity index is 363. The van der Waals surface area contributed by atoms with Crippen molar-refractivity contribution in [1.82, 2.24) is 0 Å². The van der Waals surface area contributed by atoms with Gasteiger partial charge in [-0.2, -0.15) is 8.42 Å². The second-order valence-corrected chi connectivity index (χ2v) is 4.48. The first-order valence-electron chi connectivity index (χ1n) is 4.19. The van der Waals surface area contributed by atoms with E-state index in [2.05, 4.69) is 0 Å². The Balaban J connectivity index is 0. The Hall–Kier alpha value is 0.0500. The molecule has 0 aliphatic carbocycles. The van der Waals surface area contributed by atoms with E-state index in [0.717, 1.165) is 0 Å². The third kappa shape index (κ3) is 6.59. The van der Waals surface area contributed by atoms with Crippen molar-refractivity contribution in [2.75, 3.05) is 0 Å². The van der Waals surface area contributed by atoms with Gasteiger partial charge in [0.15, 0.2) is 0 Å². The molecule has 0 aliphatic heterocycles. The van der Waals surface area contributed by atoms with Gasteiger partial charge in [0.1, 0.15) is 0 Å². The molecule has 0 fully saturated rings. The standard InChI is InChI=1S/C9H12O3S.Na.H2O2/c1-8(2)12-13(10,11)9-6-4-3-5-7-9;;1-2/h3-8H,1-2H3;;1-2H/q;+1;/p-1. The molecule has 5 nitrogen and oxygen atoms in total. The van der Waals surface area contributed by atoms with E-state index in [0.29, 0.717) is 0 Å². The zero-order valence-corrected chi connectivity index (χ0v) is 12.3. The molecule has 86 valence electrons. The van der Waals surface area contributed by atoms with Crippen LogP contribution in [0.15, 0.2) is 35.2 Å². The summed E-state index contributed by atoms with van der Waals surface area (Å²) in [7, 11) is -3.56. The minimum absolute atomic E-state index is 0. The summed E-state index contributed by atoms with van der Waals surface area (Å²) in [6, 6.07) is 8.11. The van der Waals surface area contributed by atoms with E-state index in [1.165, 1.54) is 12.1 Å². The van der Waals surface area contributed by atoms with Crippen molar-refractivity contribution in [2.24, 2.45) is 0 Å². The van der Waals surface area contributed by atoms with E-state index in [-0.39, 0.29) is 40.6 Å². The summed E-state index contributed by atoms with van der Waals surface area (Å²) in [5.41, 5.74) is 0. The van der Waals surface area contributed by atoms with Gasteiger partial charge in [0.05, 0.1) is 11.0 Å². The van der Waals surface area contributed by atoms with Crippen LogP contribution in [-0.2, 0) is 14.3 Å². The molecule has 0 saturated carbocycles. The van der Waals surface area contributed by atoms with Crippen LogP contribution in [0.3, 0.4) is 0 Å². The van der Waals surface area contributed by atoms with Gasteiger partial charge in [-0.25, -0.2) is 0 Å². The fourth-order valence-corrected chi connectivity index (χ4v) is 2.00. The largest absolute Gasteiger partial charge is 1.00 e. The quantitative estimate of drug-likeness (QED) is 0.282. The van der Waals surface area contributed by atoms with Crippen molar-refractivity contribution in [3.63, 3.8) is 0 Å². The summed E-state index contributed by atoms with van der Waals surface area (Å²) in [6.07, 6.45) is -0.329. The first-order chi connectivity index (χ1) is 7.02. The smallest absolute Gasteiger partial charge is 0.727 e. The van der Waals surface area contributed by atoms with E-state index in [1.807, 2.05) is 0 Å². The van der Waals surface area contributed by atoms with E-state index < -0.39 is 10.1 Å². The summed E-state index contributed by atoms with van der Waals surface area (Å²) in [4.78, 5) is 0.198. The third-order valence-corrected chi connectivity index (χ3v) is 2.84. The van der Waals surface area contributed by atoms with Gasteiger partial charge in [-0.3, -0.25) is 4.18 Å². The second kappa shape index (κ2) is 9.12. The molecule has 1 aromatic carbocycles. The first kappa shape index (κ1) is 18.4. The Morgan fingerprint density at radius 2 is 1.62 bits per heavy atom. The van der Waals surface area contributed by atoms with Crippen molar-refractivity contribution in [3.05, 3.63) is 30.3 Å². The monoisotopic (exact) mass is 256 g/mol. The molecule has 0 amide bonds. The maximum Gasteiger partial charge on any atom is 1.00 e. The molecule has 0 aliphatic rings. The van der Waals surface area contributed by atoms with Crippen LogP contribution in [-0.4, -0.2) is 19.8 Å². The Morgan fingerprint density at radius 1 is 1.19 bits per heavy atom. The van der Waals surface area contributed by atoms with Gasteiger partial charge in [-0.05, 0) is 26.0 Å². The molecular formula is C9H13NaO5S. The van der Waals surface area contributed by atoms with Crippen LogP contribution in [0.5, 0.6) is 0 Å². The fraction of sp³-hybridized carbons (Fsp3) is 0.333. The number of rotatable bonds is 3. The molecule has 0 radical (unpaired) electrons. The summed E-state index contributed by atoms with van der Waals surface area (Å²) in [6.45, 7) is 3.36. The van der Waals surface area contributed by atoms with Crippen LogP contribution >= 0.6 is 0 Å². The average Bonchev–Trinajstić information content (AvgIpc) is 2.20. The van der Waals surface area contributed by atoms with Crippen molar-refractivity contribution in [3.8, 4) is 0 Å². The zero-order valence-electron chi connectivity index (χ0n) is 9.45. The van der Waals surface area contributed by atoms with Crippen LogP contribution in [0, 0.1) is 0 Å². The third-order valence-electron chi connectivity index (χ3n) is 1.35. The van der Waals surface area contributed by atoms with Gasteiger partial charge in [-0.1, -0.05) is 18.2 Å². The van der Waals surface area contributed by atoms with E-state index in [4.69, 9.17) is 14.7 Å². The number of benzene rings is 1. The summed E-state index contributed by atoms with van der Waals surface area (Å²) >= 11 is 0. The van der Waals surface area contributed by atoms with Crippen LogP contribution < -0.4 is 34.8 Å². The molecule has 1 aromatic rings. The SMILES string of the molecule is CC(C)OS(=O)(=O)c1ccccc1.[Na+].[O-]O. The molecule has 0 atom stereocenters. The molecule has 1 rings (SSSR count).